The lowest BCUT2D eigenvalue weighted by Crippen LogP contribution is -2.05. The number of halogens is 1. The number of nitrogens with zero attached hydrogens (tertiary/aromatic N) is 3. The van der Waals surface area contributed by atoms with Gasteiger partial charge in [-0.1, -0.05) is 11.3 Å². The van der Waals surface area contributed by atoms with Crippen molar-refractivity contribution in [2.24, 2.45) is 5.73 Å². The van der Waals surface area contributed by atoms with Crippen molar-refractivity contribution in [3.63, 3.8) is 0 Å². The maximum absolute atomic E-state index is 13.1. The number of hydrogen-bond donors (Lipinski definition) is 1. The molecule has 0 saturated heterocycles. The van der Waals surface area contributed by atoms with Crippen LogP contribution in [0.4, 0.5) is 4.39 Å². The van der Waals surface area contributed by atoms with E-state index in [0.717, 1.165) is 11.4 Å². The minimum absolute atomic E-state index is 0.284. The van der Waals surface area contributed by atoms with Crippen LogP contribution in [0.5, 0.6) is 0 Å². The van der Waals surface area contributed by atoms with Gasteiger partial charge in [-0.15, -0.1) is 5.10 Å². The van der Waals surface area contributed by atoms with E-state index in [-0.39, 0.29) is 5.82 Å². The summed E-state index contributed by atoms with van der Waals surface area (Å²) in [5.74, 6) is -0.284. The minimum Gasteiger partial charge on any atom is -0.330 e. The van der Waals surface area contributed by atoms with Gasteiger partial charge < -0.3 is 5.73 Å². The summed E-state index contributed by atoms with van der Waals surface area (Å²) in [4.78, 5) is 0. The van der Waals surface area contributed by atoms with Crippen LogP contribution in [0.2, 0.25) is 0 Å². The summed E-state index contributed by atoms with van der Waals surface area (Å²) >= 11 is 0. The molecule has 0 bridgehead atoms. The lowest BCUT2D eigenvalue weighted by Gasteiger charge is -2.03. The van der Waals surface area contributed by atoms with Gasteiger partial charge in [-0.2, -0.15) is 0 Å². The van der Waals surface area contributed by atoms with E-state index in [1.54, 1.807) is 16.8 Å². The minimum atomic E-state index is -0.284. The van der Waals surface area contributed by atoms with Crippen LogP contribution in [0, 0.1) is 12.7 Å². The Kier molecular flexibility index (Phi) is 2.96. The van der Waals surface area contributed by atoms with Gasteiger partial charge in [0.2, 0.25) is 0 Å². The number of benzene rings is 1. The van der Waals surface area contributed by atoms with Gasteiger partial charge in [-0.05, 0) is 31.7 Å². The predicted molar refractivity (Wildman–Crippen MR) is 58.8 cm³/mol. The molecule has 0 aliphatic rings. The molecule has 1 heterocycles. The molecule has 0 unspecified atom stereocenters. The van der Waals surface area contributed by atoms with Crippen molar-refractivity contribution < 1.29 is 4.39 Å². The molecule has 16 heavy (non-hydrogen) atoms. The topological polar surface area (TPSA) is 56.7 Å². The number of hydrogen-bond acceptors (Lipinski definition) is 3. The Morgan fingerprint density at radius 3 is 2.94 bits per heavy atom. The van der Waals surface area contributed by atoms with E-state index in [1.807, 2.05) is 6.92 Å². The molecule has 0 fully saturated rings. The Balaban J connectivity index is 2.41. The van der Waals surface area contributed by atoms with Crippen molar-refractivity contribution in [2.45, 2.75) is 13.3 Å². The SMILES string of the molecule is Cc1c(CCN)nnn1-c1cccc(F)c1. The van der Waals surface area contributed by atoms with Crippen LogP contribution in [0.3, 0.4) is 0 Å². The summed E-state index contributed by atoms with van der Waals surface area (Å²) in [7, 11) is 0. The maximum Gasteiger partial charge on any atom is 0.125 e. The molecular formula is C11H13FN4. The van der Waals surface area contributed by atoms with E-state index >= 15 is 0 Å². The first-order valence-electron chi connectivity index (χ1n) is 5.09. The first-order valence-corrected chi connectivity index (χ1v) is 5.09. The highest BCUT2D eigenvalue weighted by Gasteiger charge is 2.09. The lowest BCUT2D eigenvalue weighted by atomic mass is 10.2. The molecule has 0 saturated carbocycles. The molecule has 2 aromatic rings. The highest BCUT2D eigenvalue weighted by atomic mass is 19.1. The summed E-state index contributed by atoms with van der Waals surface area (Å²) < 4.78 is 14.7. The van der Waals surface area contributed by atoms with Crippen molar-refractivity contribution in [2.75, 3.05) is 6.54 Å². The van der Waals surface area contributed by atoms with E-state index in [9.17, 15) is 4.39 Å². The molecule has 5 heteroatoms. The second-order valence-electron chi connectivity index (χ2n) is 3.55. The summed E-state index contributed by atoms with van der Waals surface area (Å²) in [5, 5.41) is 8.01. The molecule has 1 aromatic heterocycles. The van der Waals surface area contributed by atoms with Gasteiger partial charge in [0.05, 0.1) is 17.1 Å². The van der Waals surface area contributed by atoms with E-state index in [1.165, 1.54) is 12.1 Å². The van der Waals surface area contributed by atoms with Gasteiger partial charge in [0, 0.05) is 6.42 Å². The molecule has 0 spiro atoms. The molecule has 4 nitrogen and oxygen atoms in total. The standard InChI is InChI=1S/C11H13FN4/c1-8-11(5-6-13)14-15-16(8)10-4-2-3-9(12)7-10/h2-4,7H,5-6,13H2,1H3. The number of rotatable bonds is 3. The largest absolute Gasteiger partial charge is 0.330 e. The van der Waals surface area contributed by atoms with Gasteiger partial charge in [0.15, 0.2) is 0 Å². The third-order valence-electron chi connectivity index (χ3n) is 2.42. The van der Waals surface area contributed by atoms with Crippen molar-refractivity contribution in [3.8, 4) is 5.69 Å². The first-order chi connectivity index (χ1) is 7.72. The second-order valence-corrected chi connectivity index (χ2v) is 3.55. The number of nitrogens with two attached hydrogens (primary N) is 1. The molecule has 2 rings (SSSR count). The van der Waals surface area contributed by atoms with Crippen molar-refractivity contribution >= 4 is 0 Å². The Bertz CT molecular complexity index is 492. The zero-order valence-electron chi connectivity index (χ0n) is 9.02. The normalized spacial score (nSPS) is 10.7. The fraction of sp³-hybridized carbons (Fsp3) is 0.273. The Morgan fingerprint density at radius 1 is 1.44 bits per heavy atom. The van der Waals surface area contributed by atoms with Crippen LogP contribution in [-0.4, -0.2) is 21.5 Å². The Labute approximate surface area is 92.9 Å². The molecule has 1 aromatic carbocycles. The smallest absolute Gasteiger partial charge is 0.125 e. The Hall–Kier alpha value is -1.75. The fourth-order valence-electron chi connectivity index (χ4n) is 1.58. The van der Waals surface area contributed by atoms with Gasteiger partial charge in [0.25, 0.3) is 0 Å². The van der Waals surface area contributed by atoms with Gasteiger partial charge in [-0.3, -0.25) is 0 Å². The van der Waals surface area contributed by atoms with E-state index in [4.69, 9.17) is 5.73 Å². The van der Waals surface area contributed by atoms with Crippen molar-refractivity contribution in [3.05, 3.63) is 41.5 Å². The van der Waals surface area contributed by atoms with Crippen LogP contribution in [0.25, 0.3) is 5.69 Å². The average molecular weight is 220 g/mol. The zero-order valence-corrected chi connectivity index (χ0v) is 9.02. The van der Waals surface area contributed by atoms with Gasteiger partial charge in [-0.25, -0.2) is 9.07 Å². The second kappa shape index (κ2) is 4.40. The maximum atomic E-state index is 13.1. The van der Waals surface area contributed by atoms with Crippen LogP contribution >= 0.6 is 0 Å². The highest BCUT2D eigenvalue weighted by molar-refractivity contribution is 5.33. The van der Waals surface area contributed by atoms with Crippen LogP contribution in [0.15, 0.2) is 24.3 Å². The Morgan fingerprint density at radius 2 is 2.25 bits per heavy atom. The predicted octanol–water partition coefficient (Wildman–Crippen LogP) is 1.22. The third kappa shape index (κ3) is 1.94. The molecule has 2 N–H and O–H groups in total. The lowest BCUT2D eigenvalue weighted by molar-refractivity contribution is 0.624. The zero-order chi connectivity index (χ0) is 11.5. The number of aromatic nitrogens is 3. The van der Waals surface area contributed by atoms with E-state index in [2.05, 4.69) is 10.3 Å². The van der Waals surface area contributed by atoms with Gasteiger partial charge >= 0.3 is 0 Å². The molecule has 0 amide bonds. The molecule has 0 atom stereocenters. The monoisotopic (exact) mass is 220 g/mol. The van der Waals surface area contributed by atoms with E-state index in [0.29, 0.717) is 18.7 Å². The molecule has 0 radical (unpaired) electrons. The third-order valence-corrected chi connectivity index (χ3v) is 2.42. The molecule has 0 aliphatic heterocycles. The fourth-order valence-corrected chi connectivity index (χ4v) is 1.58. The quantitative estimate of drug-likeness (QED) is 0.846. The van der Waals surface area contributed by atoms with Crippen molar-refractivity contribution in [1.82, 2.24) is 15.0 Å². The highest BCUT2D eigenvalue weighted by Crippen LogP contribution is 2.13. The van der Waals surface area contributed by atoms with Crippen LogP contribution in [-0.2, 0) is 6.42 Å². The molecule has 84 valence electrons. The first kappa shape index (κ1) is 10.8. The van der Waals surface area contributed by atoms with Gasteiger partial charge in [0.1, 0.15) is 5.82 Å². The summed E-state index contributed by atoms with van der Waals surface area (Å²) in [5.41, 5.74) is 7.89. The average Bonchev–Trinajstić information content (AvgIpc) is 2.61. The van der Waals surface area contributed by atoms with Crippen LogP contribution < -0.4 is 5.73 Å². The van der Waals surface area contributed by atoms with Crippen molar-refractivity contribution in [1.29, 1.82) is 0 Å². The van der Waals surface area contributed by atoms with E-state index < -0.39 is 0 Å². The summed E-state index contributed by atoms with van der Waals surface area (Å²) in [6.07, 6.45) is 0.682. The summed E-state index contributed by atoms with van der Waals surface area (Å²) in [6, 6.07) is 6.26. The molecular weight excluding hydrogens is 207 g/mol. The molecule has 0 aliphatic carbocycles. The van der Waals surface area contributed by atoms with Crippen LogP contribution in [0.1, 0.15) is 11.4 Å². The summed E-state index contributed by atoms with van der Waals surface area (Å²) in [6.45, 7) is 2.43.